The van der Waals surface area contributed by atoms with E-state index in [1.807, 2.05) is 43.3 Å². The average molecular weight is 532 g/mol. The van der Waals surface area contributed by atoms with Crippen LogP contribution in [0.15, 0.2) is 66.7 Å². The highest BCUT2D eigenvalue weighted by molar-refractivity contribution is 5.96. The highest BCUT2D eigenvalue weighted by Gasteiger charge is 2.44. The molecule has 5 rings (SSSR count). The third-order valence-corrected chi connectivity index (χ3v) is 7.88. The van der Waals surface area contributed by atoms with Gasteiger partial charge in [-0.15, -0.1) is 0 Å². The van der Waals surface area contributed by atoms with Gasteiger partial charge in [-0.2, -0.15) is 0 Å². The Kier molecular flexibility index (Phi) is 7.14. The van der Waals surface area contributed by atoms with Gasteiger partial charge in [0.15, 0.2) is 0 Å². The van der Waals surface area contributed by atoms with Crippen LogP contribution in [-0.2, 0) is 16.1 Å². The zero-order chi connectivity index (χ0) is 28.6. The summed E-state index contributed by atoms with van der Waals surface area (Å²) in [6, 6.07) is 16.0. The molecule has 5 nitrogen and oxygen atoms in total. The van der Waals surface area contributed by atoms with Crippen LogP contribution in [0.1, 0.15) is 38.2 Å². The van der Waals surface area contributed by atoms with Crippen LogP contribution in [0.2, 0.25) is 0 Å². The first-order valence-corrected chi connectivity index (χ1v) is 13.1. The molecule has 2 aliphatic rings. The van der Waals surface area contributed by atoms with Crippen molar-refractivity contribution < 1.29 is 24.8 Å². The van der Waals surface area contributed by atoms with E-state index in [0.717, 1.165) is 48.7 Å². The lowest BCUT2D eigenvalue weighted by Crippen LogP contribution is -2.38. The molecule has 2 aliphatic carbocycles. The second kappa shape index (κ2) is 11.0. The molecule has 0 spiro atoms. The van der Waals surface area contributed by atoms with Crippen LogP contribution in [0.4, 0.5) is 20.2 Å². The van der Waals surface area contributed by atoms with Crippen LogP contribution in [0.25, 0.3) is 17.2 Å². The zero-order valence-corrected chi connectivity index (χ0v) is 22.0. The minimum atomic E-state index is -1.46. The van der Waals surface area contributed by atoms with E-state index < -0.39 is 24.1 Å². The second-order valence-electron chi connectivity index (χ2n) is 10.7. The van der Waals surface area contributed by atoms with Crippen molar-refractivity contribution in [2.75, 3.05) is 23.9 Å². The molecule has 202 valence electrons. The van der Waals surface area contributed by atoms with Crippen molar-refractivity contribution >= 4 is 29.3 Å². The molecule has 3 aromatic carbocycles. The summed E-state index contributed by atoms with van der Waals surface area (Å²) < 4.78 is 39.4. The molecule has 3 aromatic rings. The predicted octanol–water partition coefficient (Wildman–Crippen LogP) is 6.77. The van der Waals surface area contributed by atoms with E-state index in [9.17, 15) is 14.0 Å². The van der Waals surface area contributed by atoms with Gasteiger partial charge in [0.2, 0.25) is 5.91 Å². The maximum absolute atomic E-state index is 15.6. The lowest BCUT2D eigenvalue weighted by molar-refractivity contribution is -0.131. The number of hydrogen-bond donors (Lipinski definition) is 1. The van der Waals surface area contributed by atoms with Crippen LogP contribution >= 0.6 is 0 Å². The number of rotatable bonds is 8. The van der Waals surface area contributed by atoms with Gasteiger partial charge in [-0.3, -0.25) is 4.79 Å². The molecule has 4 atom stereocenters. The number of carboxylic acid groups (broad SMARTS) is 1. The van der Waals surface area contributed by atoms with Gasteiger partial charge < -0.3 is 14.9 Å². The third kappa shape index (κ3) is 5.87. The molecule has 0 saturated heterocycles. The minimum absolute atomic E-state index is 0.00272. The number of nitrogens with zero attached hydrogens (tertiary/aromatic N) is 2. The van der Waals surface area contributed by atoms with Crippen LogP contribution < -0.4 is 9.80 Å². The van der Waals surface area contributed by atoms with E-state index in [0.29, 0.717) is 17.9 Å². The first kappa shape index (κ1) is 25.3. The Bertz CT molecular complexity index is 1460. The van der Waals surface area contributed by atoms with Crippen molar-refractivity contribution in [3.05, 3.63) is 89.5 Å². The summed E-state index contributed by atoms with van der Waals surface area (Å²) in [7, 11) is 3.87. The fourth-order valence-electron chi connectivity index (χ4n) is 5.89. The molecule has 0 aromatic heterocycles. The number of halogens is 2. The SMILES string of the molecule is [2H]C(c1ccc(-c2ccc(N(C)C)cc2)cc1F)N(C(=O)C1C[C@H]2CC[C@@H]1C2)c1cc(F)cc(/C=C/C(=O)O)c1. The van der Waals surface area contributed by atoms with Gasteiger partial charge in [0, 0.05) is 43.0 Å². The van der Waals surface area contributed by atoms with E-state index in [2.05, 4.69) is 0 Å². The highest BCUT2D eigenvalue weighted by Crippen LogP contribution is 2.49. The van der Waals surface area contributed by atoms with Crippen molar-refractivity contribution in [3.63, 3.8) is 0 Å². The van der Waals surface area contributed by atoms with Gasteiger partial charge in [0.25, 0.3) is 0 Å². The molecule has 2 bridgehead atoms. The summed E-state index contributed by atoms with van der Waals surface area (Å²) >= 11 is 0. The Morgan fingerprint density at radius 1 is 0.974 bits per heavy atom. The number of amides is 1. The quantitative estimate of drug-likeness (QED) is 0.326. The number of aliphatic carboxylic acids is 1. The average Bonchev–Trinajstić information content (AvgIpc) is 3.56. The van der Waals surface area contributed by atoms with E-state index in [-0.39, 0.29) is 34.6 Å². The van der Waals surface area contributed by atoms with E-state index in [1.54, 1.807) is 6.07 Å². The number of benzene rings is 3. The summed E-state index contributed by atoms with van der Waals surface area (Å²) in [5.74, 6) is -2.50. The first-order chi connectivity index (χ1) is 19.1. The van der Waals surface area contributed by atoms with Crippen LogP contribution in [0.3, 0.4) is 0 Å². The minimum Gasteiger partial charge on any atom is -0.478 e. The molecule has 1 N–H and O–H groups in total. The Labute approximate surface area is 228 Å². The smallest absolute Gasteiger partial charge is 0.328 e. The van der Waals surface area contributed by atoms with Gasteiger partial charge in [0.05, 0.1) is 7.89 Å². The summed E-state index contributed by atoms with van der Waals surface area (Å²) in [5, 5.41) is 9.01. The molecule has 39 heavy (non-hydrogen) atoms. The highest BCUT2D eigenvalue weighted by atomic mass is 19.1. The molecule has 2 saturated carbocycles. The number of anilines is 2. The van der Waals surface area contributed by atoms with E-state index in [4.69, 9.17) is 6.48 Å². The Balaban J connectivity index is 1.51. The Morgan fingerprint density at radius 2 is 1.72 bits per heavy atom. The van der Waals surface area contributed by atoms with Gasteiger partial charge in [-0.05, 0) is 90.3 Å². The Morgan fingerprint density at radius 3 is 2.33 bits per heavy atom. The lowest BCUT2D eigenvalue weighted by atomic mass is 9.87. The first-order valence-electron chi connectivity index (χ1n) is 13.7. The van der Waals surface area contributed by atoms with Crippen LogP contribution in [-0.4, -0.2) is 31.1 Å². The number of carbonyl (C=O) groups is 2. The molecule has 1 amide bonds. The van der Waals surface area contributed by atoms with Crippen LogP contribution in [0.5, 0.6) is 0 Å². The fraction of sp³-hybridized carbons (Fsp3) is 0.312. The van der Waals surface area contributed by atoms with E-state index in [1.165, 1.54) is 29.2 Å². The number of carbonyl (C=O) groups excluding carboxylic acids is 1. The molecule has 7 heteroatoms. The van der Waals surface area contributed by atoms with Crippen molar-refractivity contribution in [3.8, 4) is 11.1 Å². The molecule has 0 heterocycles. The maximum atomic E-state index is 15.6. The van der Waals surface area contributed by atoms with E-state index >= 15 is 4.39 Å². The lowest BCUT2D eigenvalue weighted by Gasteiger charge is -2.30. The van der Waals surface area contributed by atoms with Gasteiger partial charge >= 0.3 is 5.97 Å². The summed E-state index contributed by atoms with van der Waals surface area (Å²) in [4.78, 5) is 28.1. The number of carboxylic acids is 1. The largest absolute Gasteiger partial charge is 0.478 e. The van der Waals surface area contributed by atoms with Crippen LogP contribution in [0, 0.1) is 29.4 Å². The Hall–Kier alpha value is -4.00. The summed E-state index contributed by atoms with van der Waals surface area (Å²) in [6.07, 6.45) is 5.78. The zero-order valence-electron chi connectivity index (χ0n) is 23.0. The molecule has 2 unspecified atom stereocenters. The molecule has 2 fully saturated rings. The van der Waals surface area contributed by atoms with Gasteiger partial charge in [0.1, 0.15) is 11.6 Å². The van der Waals surface area contributed by atoms with Gasteiger partial charge in [-0.1, -0.05) is 30.7 Å². The van der Waals surface area contributed by atoms with Crippen molar-refractivity contribution in [1.82, 2.24) is 0 Å². The van der Waals surface area contributed by atoms with Crippen molar-refractivity contribution in [2.24, 2.45) is 17.8 Å². The monoisotopic (exact) mass is 531 g/mol. The van der Waals surface area contributed by atoms with Gasteiger partial charge in [-0.25, -0.2) is 13.6 Å². The fourth-order valence-corrected chi connectivity index (χ4v) is 5.89. The third-order valence-electron chi connectivity index (χ3n) is 7.88. The molecule has 0 radical (unpaired) electrons. The summed E-state index contributed by atoms with van der Waals surface area (Å²) in [5.41, 5.74) is 2.78. The normalized spacial score (nSPS) is 21.1. The van der Waals surface area contributed by atoms with Crippen molar-refractivity contribution in [2.45, 2.75) is 32.2 Å². The number of hydrogen-bond acceptors (Lipinski definition) is 3. The molecular formula is C32H32F2N2O3. The topological polar surface area (TPSA) is 60.9 Å². The standard InChI is InChI=1S/C32H32F2N2O3/c1-35(2)27-10-8-22(9-11-27)23-6-7-25(30(34)17-23)19-36(32(39)29-16-20-3-5-24(29)13-20)28-15-21(4-12-31(37)38)14-26(33)18-28/h4,6-12,14-15,17-18,20,24,29H,3,5,13,16,19H2,1-2H3,(H,37,38)/b12-4+/t20-,24+,29?/m0/s1/i19D/t19?,20-,24+,29?. The molecular weight excluding hydrogens is 498 g/mol. The predicted molar refractivity (Wildman–Crippen MR) is 149 cm³/mol. The second-order valence-corrected chi connectivity index (χ2v) is 10.7. The maximum Gasteiger partial charge on any atom is 0.328 e. The van der Waals surface area contributed by atoms with Crippen molar-refractivity contribution in [1.29, 1.82) is 0 Å². The summed E-state index contributed by atoms with van der Waals surface area (Å²) in [6.45, 7) is -1.46. The number of fused-ring (bicyclic) bond motifs is 2. The molecule has 0 aliphatic heterocycles.